The van der Waals surface area contributed by atoms with E-state index in [1.165, 1.54) is 0 Å². The molecule has 0 aliphatic carbocycles. The number of aromatic nitrogens is 2. The van der Waals surface area contributed by atoms with Gasteiger partial charge >= 0.3 is 0 Å². The average Bonchev–Trinajstić information content (AvgIpc) is 3.24. The van der Waals surface area contributed by atoms with E-state index in [-0.39, 0.29) is 24.2 Å². The van der Waals surface area contributed by atoms with E-state index in [9.17, 15) is 9.59 Å². The van der Waals surface area contributed by atoms with E-state index in [0.717, 1.165) is 10.6 Å². The molecule has 1 saturated heterocycles. The zero-order chi connectivity index (χ0) is 16.9. The van der Waals surface area contributed by atoms with Crippen LogP contribution in [0.2, 0.25) is 0 Å². The number of amides is 2. The van der Waals surface area contributed by atoms with Gasteiger partial charge in [0.05, 0.1) is 12.2 Å². The monoisotopic (exact) mass is 344 g/mol. The largest absolute Gasteiger partial charge is 0.354 e. The Morgan fingerprint density at radius 3 is 3.08 bits per heavy atom. The molecule has 1 N–H and O–H groups in total. The van der Waals surface area contributed by atoms with Crippen molar-refractivity contribution < 1.29 is 9.59 Å². The maximum atomic E-state index is 12.3. The summed E-state index contributed by atoms with van der Waals surface area (Å²) in [7, 11) is 0. The number of thioether (sulfide) groups is 1. The maximum absolute atomic E-state index is 12.3. The summed E-state index contributed by atoms with van der Waals surface area (Å²) < 4.78 is 1.90. The Hall–Kier alpha value is -2.28. The van der Waals surface area contributed by atoms with Crippen LogP contribution in [0.25, 0.3) is 0 Å². The predicted octanol–water partition coefficient (Wildman–Crippen LogP) is 1.77. The van der Waals surface area contributed by atoms with Crippen LogP contribution in [0.3, 0.4) is 0 Å². The van der Waals surface area contributed by atoms with Gasteiger partial charge in [-0.3, -0.25) is 9.59 Å². The lowest BCUT2D eigenvalue weighted by molar-refractivity contribution is -0.126. The van der Waals surface area contributed by atoms with Gasteiger partial charge in [-0.25, -0.2) is 4.98 Å². The normalized spacial score (nSPS) is 17.3. The van der Waals surface area contributed by atoms with Gasteiger partial charge in [0.15, 0.2) is 0 Å². The molecule has 1 unspecified atom stereocenters. The van der Waals surface area contributed by atoms with Gasteiger partial charge in [0.1, 0.15) is 0 Å². The van der Waals surface area contributed by atoms with Gasteiger partial charge in [0.25, 0.3) is 0 Å². The molecule has 126 valence electrons. The Balaban J connectivity index is 1.56. The van der Waals surface area contributed by atoms with Gasteiger partial charge in [0, 0.05) is 49.0 Å². The van der Waals surface area contributed by atoms with Crippen LogP contribution in [0, 0.1) is 5.92 Å². The smallest absolute Gasteiger partial charge is 0.227 e. The lowest BCUT2D eigenvalue weighted by atomic mass is 10.1. The van der Waals surface area contributed by atoms with Crippen molar-refractivity contribution in [2.24, 2.45) is 5.92 Å². The van der Waals surface area contributed by atoms with Crippen LogP contribution in [0.4, 0.5) is 5.69 Å². The van der Waals surface area contributed by atoms with E-state index in [0.29, 0.717) is 19.6 Å². The number of benzene rings is 1. The Kier molecular flexibility index (Phi) is 5.20. The maximum Gasteiger partial charge on any atom is 0.227 e. The lowest BCUT2D eigenvalue weighted by Crippen LogP contribution is -2.34. The quantitative estimate of drug-likeness (QED) is 0.811. The highest BCUT2D eigenvalue weighted by atomic mass is 32.2. The molecule has 0 spiro atoms. The van der Waals surface area contributed by atoms with E-state index >= 15 is 0 Å². The minimum atomic E-state index is -0.293. The van der Waals surface area contributed by atoms with Crippen molar-refractivity contribution in [3.8, 4) is 0 Å². The molecular weight excluding hydrogens is 324 g/mol. The highest BCUT2D eigenvalue weighted by Gasteiger charge is 2.34. The Bertz CT molecular complexity index is 717. The summed E-state index contributed by atoms with van der Waals surface area (Å²) in [6.07, 6.45) is 7.54. The zero-order valence-corrected chi connectivity index (χ0v) is 14.3. The van der Waals surface area contributed by atoms with Gasteiger partial charge in [-0.2, -0.15) is 0 Å². The third-order valence-electron chi connectivity index (χ3n) is 4.09. The summed E-state index contributed by atoms with van der Waals surface area (Å²) >= 11 is 1.64. The molecule has 0 radical (unpaired) electrons. The van der Waals surface area contributed by atoms with Crippen molar-refractivity contribution in [1.29, 1.82) is 0 Å². The summed E-state index contributed by atoms with van der Waals surface area (Å²) in [4.78, 5) is 31.4. The first-order valence-corrected chi connectivity index (χ1v) is 9.07. The molecule has 3 rings (SSSR count). The van der Waals surface area contributed by atoms with Crippen LogP contribution in [0.5, 0.6) is 0 Å². The molecular formula is C17H20N4O2S. The molecule has 24 heavy (non-hydrogen) atoms. The fraction of sp³-hybridized carbons (Fsp3) is 0.353. The Morgan fingerprint density at radius 1 is 1.46 bits per heavy atom. The molecule has 7 heteroatoms. The first kappa shape index (κ1) is 16.6. The highest BCUT2D eigenvalue weighted by Crippen LogP contribution is 2.28. The van der Waals surface area contributed by atoms with Gasteiger partial charge in [-0.1, -0.05) is 6.07 Å². The summed E-state index contributed by atoms with van der Waals surface area (Å²) in [6, 6.07) is 7.85. The SMILES string of the molecule is CSc1cccc(N2CC(C(=O)NCCn3ccnc3)CC2=O)c1. The second-order valence-corrected chi connectivity index (χ2v) is 6.58. The van der Waals surface area contributed by atoms with Gasteiger partial charge in [-0.15, -0.1) is 11.8 Å². The highest BCUT2D eigenvalue weighted by molar-refractivity contribution is 7.98. The van der Waals surface area contributed by atoms with Gasteiger partial charge in [0.2, 0.25) is 11.8 Å². The number of carbonyl (C=O) groups excluding carboxylic acids is 2. The molecule has 0 bridgehead atoms. The van der Waals surface area contributed by atoms with Crippen LogP contribution >= 0.6 is 11.8 Å². The molecule has 1 aliphatic heterocycles. The number of nitrogens with zero attached hydrogens (tertiary/aromatic N) is 3. The van der Waals surface area contributed by atoms with Crippen LogP contribution in [-0.2, 0) is 16.1 Å². The first-order chi connectivity index (χ1) is 11.7. The number of rotatable bonds is 6. The minimum absolute atomic E-state index is 0.00279. The third-order valence-corrected chi connectivity index (χ3v) is 4.81. The van der Waals surface area contributed by atoms with E-state index in [4.69, 9.17) is 0 Å². The Labute approximate surface area is 145 Å². The van der Waals surface area contributed by atoms with Crippen molar-refractivity contribution in [3.63, 3.8) is 0 Å². The third kappa shape index (κ3) is 3.79. The van der Waals surface area contributed by atoms with E-state index < -0.39 is 0 Å². The number of imidazole rings is 1. The van der Waals surface area contributed by atoms with Crippen LogP contribution in [0.15, 0.2) is 47.9 Å². The molecule has 1 atom stereocenters. The van der Waals surface area contributed by atoms with Crippen LogP contribution < -0.4 is 10.2 Å². The van der Waals surface area contributed by atoms with Crippen LogP contribution in [0.1, 0.15) is 6.42 Å². The summed E-state index contributed by atoms with van der Waals surface area (Å²) in [5, 5.41) is 2.91. The number of carbonyl (C=O) groups is 2. The average molecular weight is 344 g/mol. The standard InChI is InChI=1S/C17H20N4O2S/c1-24-15-4-2-3-14(10-15)21-11-13(9-16(21)22)17(23)19-6-8-20-7-5-18-12-20/h2-5,7,10,12-13H,6,8-9,11H2,1H3,(H,19,23). The predicted molar refractivity (Wildman–Crippen MR) is 93.9 cm³/mol. The van der Waals surface area contributed by atoms with Crippen molar-refractivity contribution in [2.75, 3.05) is 24.2 Å². The molecule has 6 nitrogen and oxygen atoms in total. The molecule has 0 saturated carbocycles. The van der Waals surface area contributed by atoms with Crippen molar-refractivity contribution in [2.45, 2.75) is 17.9 Å². The molecule has 1 aliphatic rings. The second kappa shape index (κ2) is 7.53. The lowest BCUT2D eigenvalue weighted by Gasteiger charge is -2.17. The van der Waals surface area contributed by atoms with Gasteiger partial charge in [-0.05, 0) is 24.5 Å². The molecule has 2 aromatic rings. The number of hydrogen-bond acceptors (Lipinski definition) is 4. The molecule has 2 heterocycles. The topological polar surface area (TPSA) is 67.2 Å². The fourth-order valence-electron chi connectivity index (χ4n) is 2.78. The molecule has 2 amide bonds. The van der Waals surface area contributed by atoms with E-state index in [1.807, 2.05) is 41.3 Å². The van der Waals surface area contributed by atoms with Crippen molar-refractivity contribution >= 4 is 29.3 Å². The summed E-state index contributed by atoms with van der Waals surface area (Å²) in [6.45, 7) is 1.64. The zero-order valence-electron chi connectivity index (χ0n) is 13.5. The van der Waals surface area contributed by atoms with E-state index in [2.05, 4.69) is 10.3 Å². The van der Waals surface area contributed by atoms with Gasteiger partial charge < -0.3 is 14.8 Å². The summed E-state index contributed by atoms with van der Waals surface area (Å²) in [5.41, 5.74) is 0.862. The summed E-state index contributed by atoms with van der Waals surface area (Å²) in [5.74, 6) is -0.353. The van der Waals surface area contributed by atoms with E-state index in [1.54, 1.807) is 29.2 Å². The van der Waals surface area contributed by atoms with Crippen molar-refractivity contribution in [3.05, 3.63) is 43.0 Å². The number of hydrogen-bond donors (Lipinski definition) is 1. The second-order valence-electron chi connectivity index (χ2n) is 5.70. The fourth-order valence-corrected chi connectivity index (χ4v) is 3.24. The minimum Gasteiger partial charge on any atom is -0.354 e. The molecule has 1 fully saturated rings. The Morgan fingerprint density at radius 2 is 2.33 bits per heavy atom. The molecule has 1 aromatic carbocycles. The van der Waals surface area contributed by atoms with Crippen molar-refractivity contribution in [1.82, 2.24) is 14.9 Å². The van der Waals surface area contributed by atoms with Crippen LogP contribution in [-0.4, -0.2) is 40.7 Å². The number of nitrogens with one attached hydrogen (secondary N) is 1. The number of anilines is 1. The first-order valence-electron chi connectivity index (χ1n) is 7.85. The molecule has 1 aromatic heterocycles.